The molecular weight excluding hydrogens is 300 g/mol. The molecule has 0 radical (unpaired) electrons. The second-order valence-corrected chi connectivity index (χ2v) is 6.06. The summed E-state index contributed by atoms with van der Waals surface area (Å²) < 4.78 is 5.42. The van der Waals surface area contributed by atoms with Gasteiger partial charge in [0.2, 0.25) is 5.91 Å². The van der Waals surface area contributed by atoms with Crippen LogP contribution in [-0.2, 0) is 17.8 Å². The number of carbonyl (C=O) groups is 1. The summed E-state index contributed by atoms with van der Waals surface area (Å²) in [6, 6.07) is 16.0. The Labute approximate surface area is 144 Å². The predicted molar refractivity (Wildman–Crippen MR) is 98.6 cm³/mol. The molecule has 2 aromatic carbocycles. The fourth-order valence-corrected chi connectivity index (χ4v) is 2.44. The highest BCUT2D eigenvalue weighted by molar-refractivity contribution is 5.78. The fourth-order valence-electron chi connectivity index (χ4n) is 2.44. The third kappa shape index (κ3) is 5.01. The predicted octanol–water partition coefficient (Wildman–Crippen LogP) is 3.35. The lowest BCUT2D eigenvalue weighted by Crippen LogP contribution is -2.27. The number of ether oxygens (including phenoxy) is 1. The Morgan fingerprint density at radius 3 is 2.04 bits per heavy atom. The highest BCUT2D eigenvalue weighted by atomic mass is 16.5. The second-order valence-electron chi connectivity index (χ2n) is 6.06. The molecule has 0 N–H and O–H groups in total. The zero-order valence-electron chi connectivity index (χ0n) is 15.0. The molecule has 0 fully saturated rings. The topological polar surface area (TPSA) is 32.8 Å². The molecule has 0 spiro atoms. The summed E-state index contributed by atoms with van der Waals surface area (Å²) >= 11 is 0. The number of hydrogen-bond acceptors (Lipinski definition) is 3. The van der Waals surface area contributed by atoms with E-state index in [1.807, 2.05) is 52.3 Å². The van der Waals surface area contributed by atoms with Crippen LogP contribution in [0.1, 0.15) is 18.1 Å². The zero-order chi connectivity index (χ0) is 17.5. The normalized spacial score (nSPS) is 10.3. The number of nitrogens with zero attached hydrogens (tertiary/aromatic N) is 2. The molecule has 1 amide bonds. The average molecular weight is 326 g/mol. The van der Waals surface area contributed by atoms with E-state index in [2.05, 4.69) is 29.2 Å². The van der Waals surface area contributed by atoms with E-state index in [9.17, 15) is 4.79 Å². The van der Waals surface area contributed by atoms with Gasteiger partial charge in [-0.2, -0.15) is 0 Å². The van der Waals surface area contributed by atoms with E-state index < -0.39 is 0 Å². The Balaban J connectivity index is 1.91. The summed E-state index contributed by atoms with van der Waals surface area (Å²) in [4.78, 5) is 16.2. The molecule has 0 atom stereocenters. The fraction of sp³-hybridized carbons (Fsp3) is 0.350. The van der Waals surface area contributed by atoms with Crippen molar-refractivity contribution in [3.8, 4) is 5.75 Å². The summed E-state index contributed by atoms with van der Waals surface area (Å²) in [6.45, 7) is 3.22. The number of anilines is 1. The molecule has 0 bridgehead atoms. The van der Waals surface area contributed by atoms with Crippen LogP contribution in [-0.4, -0.2) is 38.6 Å². The van der Waals surface area contributed by atoms with Crippen LogP contribution in [0.5, 0.6) is 5.75 Å². The molecule has 4 heteroatoms. The van der Waals surface area contributed by atoms with Crippen LogP contribution in [0.15, 0.2) is 48.5 Å². The maximum atomic E-state index is 12.4. The van der Waals surface area contributed by atoms with Gasteiger partial charge in [-0.25, -0.2) is 0 Å². The van der Waals surface area contributed by atoms with Crippen molar-refractivity contribution in [3.05, 3.63) is 59.7 Å². The lowest BCUT2D eigenvalue weighted by Gasteiger charge is -2.18. The summed E-state index contributed by atoms with van der Waals surface area (Å²) in [7, 11) is 5.87. The molecular formula is C20H26N2O2. The average Bonchev–Trinajstić information content (AvgIpc) is 2.57. The first-order valence-corrected chi connectivity index (χ1v) is 8.21. The van der Waals surface area contributed by atoms with Gasteiger partial charge in [0.1, 0.15) is 5.75 Å². The summed E-state index contributed by atoms with van der Waals surface area (Å²) in [6.07, 6.45) is 0.401. The third-order valence-corrected chi connectivity index (χ3v) is 3.89. The van der Waals surface area contributed by atoms with Crippen LogP contribution in [0.25, 0.3) is 0 Å². The lowest BCUT2D eigenvalue weighted by atomic mass is 10.1. The number of carbonyl (C=O) groups excluding carboxylic acids is 1. The van der Waals surface area contributed by atoms with Crippen LogP contribution < -0.4 is 9.64 Å². The molecule has 24 heavy (non-hydrogen) atoms. The van der Waals surface area contributed by atoms with Crippen LogP contribution in [0, 0.1) is 0 Å². The molecule has 0 heterocycles. The van der Waals surface area contributed by atoms with E-state index in [-0.39, 0.29) is 5.91 Å². The summed E-state index contributed by atoms with van der Waals surface area (Å²) in [5.74, 6) is 0.943. The quantitative estimate of drug-likeness (QED) is 0.782. The van der Waals surface area contributed by atoms with Crippen molar-refractivity contribution in [2.45, 2.75) is 19.9 Å². The third-order valence-electron chi connectivity index (χ3n) is 3.89. The molecule has 0 aliphatic carbocycles. The minimum absolute atomic E-state index is 0.107. The molecule has 0 aliphatic heterocycles. The van der Waals surface area contributed by atoms with E-state index in [0.29, 0.717) is 19.6 Å². The maximum Gasteiger partial charge on any atom is 0.227 e. The largest absolute Gasteiger partial charge is 0.494 e. The van der Waals surface area contributed by atoms with E-state index in [0.717, 1.165) is 22.6 Å². The molecule has 0 aliphatic rings. The van der Waals surface area contributed by atoms with Crippen LogP contribution in [0.3, 0.4) is 0 Å². The van der Waals surface area contributed by atoms with E-state index in [1.165, 1.54) is 0 Å². The molecule has 0 aromatic heterocycles. The van der Waals surface area contributed by atoms with Gasteiger partial charge < -0.3 is 14.5 Å². The Hall–Kier alpha value is -2.49. The van der Waals surface area contributed by atoms with Gasteiger partial charge in [0.25, 0.3) is 0 Å². The van der Waals surface area contributed by atoms with Gasteiger partial charge >= 0.3 is 0 Å². The molecule has 0 saturated carbocycles. The van der Waals surface area contributed by atoms with Gasteiger partial charge in [-0.15, -0.1) is 0 Å². The number of rotatable bonds is 7. The van der Waals surface area contributed by atoms with Crippen LogP contribution in [0.2, 0.25) is 0 Å². The van der Waals surface area contributed by atoms with Crippen molar-refractivity contribution in [1.29, 1.82) is 0 Å². The summed E-state index contributed by atoms with van der Waals surface area (Å²) in [5.41, 5.74) is 3.28. The number of benzene rings is 2. The van der Waals surface area contributed by atoms with Crippen molar-refractivity contribution in [2.24, 2.45) is 0 Å². The van der Waals surface area contributed by atoms with Crippen molar-refractivity contribution >= 4 is 11.6 Å². The Bertz CT molecular complexity index is 648. The minimum atomic E-state index is 0.107. The van der Waals surface area contributed by atoms with Gasteiger partial charge in [-0.1, -0.05) is 24.3 Å². The van der Waals surface area contributed by atoms with E-state index in [1.54, 1.807) is 4.90 Å². The van der Waals surface area contributed by atoms with Gasteiger partial charge in [0.15, 0.2) is 0 Å². The minimum Gasteiger partial charge on any atom is -0.494 e. The molecule has 0 saturated heterocycles. The Kier molecular flexibility index (Phi) is 6.24. The Morgan fingerprint density at radius 2 is 1.50 bits per heavy atom. The molecule has 128 valence electrons. The van der Waals surface area contributed by atoms with Crippen LogP contribution >= 0.6 is 0 Å². The summed E-state index contributed by atoms with van der Waals surface area (Å²) in [5, 5.41) is 0. The zero-order valence-corrected chi connectivity index (χ0v) is 15.0. The van der Waals surface area contributed by atoms with Crippen molar-refractivity contribution in [1.82, 2.24) is 4.90 Å². The molecule has 4 nitrogen and oxygen atoms in total. The number of likely N-dealkylation sites (N-methyl/N-ethyl adjacent to an activating group) is 1. The molecule has 2 rings (SSSR count). The van der Waals surface area contributed by atoms with Gasteiger partial charge in [-0.3, -0.25) is 4.79 Å². The van der Waals surface area contributed by atoms with Crippen molar-refractivity contribution < 1.29 is 9.53 Å². The van der Waals surface area contributed by atoms with Crippen molar-refractivity contribution in [2.75, 3.05) is 32.6 Å². The monoisotopic (exact) mass is 326 g/mol. The highest BCUT2D eigenvalue weighted by Crippen LogP contribution is 2.15. The first kappa shape index (κ1) is 17.9. The van der Waals surface area contributed by atoms with E-state index >= 15 is 0 Å². The highest BCUT2D eigenvalue weighted by Gasteiger charge is 2.10. The SMILES string of the molecule is CCOc1ccc(CC(=O)N(C)Cc2ccc(N(C)C)cc2)cc1. The molecule has 0 unspecified atom stereocenters. The smallest absolute Gasteiger partial charge is 0.227 e. The number of amides is 1. The van der Waals surface area contributed by atoms with Gasteiger partial charge in [-0.05, 0) is 42.3 Å². The molecule has 2 aromatic rings. The Morgan fingerprint density at radius 1 is 0.917 bits per heavy atom. The lowest BCUT2D eigenvalue weighted by molar-refractivity contribution is -0.129. The first-order valence-electron chi connectivity index (χ1n) is 8.21. The van der Waals surface area contributed by atoms with Gasteiger partial charge in [0, 0.05) is 33.4 Å². The van der Waals surface area contributed by atoms with E-state index in [4.69, 9.17) is 4.74 Å². The standard InChI is InChI=1S/C20H26N2O2/c1-5-24-19-12-8-16(9-13-19)14-20(23)22(4)15-17-6-10-18(11-7-17)21(2)3/h6-13H,5,14-15H2,1-4H3. The maximum absolute atomic E-state index is 12.4. The van der Waals surface area contributed by atoms with Crippen LogP contribution in [0.4, 0.5) is 5.69 Å². The number of hydrogen-bond donors (Lipinski definition) is 0. The van der Waals surface area contributed by atoms with Gasteiger partial charge in [0.05, 0.1) is 13.0 Å². The van der Waals surface area contributed by atoms with Crippen molar-refractivity contribution in [3.63, 3.8) is 0 Å². The first-order chi connectivity index (χ1) is 11.5. The second kappa shape index (κ2) is 8.39.